The summed E-state index contributed by atoms with van der Waals surface area (Å²) in [5.41, 5.74) is 0.725. The van der Waals surface area contributed by atoms with Crippen LogP contribution in [0.5, 0.6) is 5.75 Å². The zero-order valence-corrected chi connectivity index (χ0v) is 18.3. The number of nitrogens with one attached hydrogen (secondary N) is 1. The first kappa shape index (κ1) is 21.7. The molecule has 1 N–H and O–H groups in total. The Morgan fingerprint density at radius 3 is 2.52 bits per heavy atom. The van der Waals surface area contributed by atoms with Crippen molar-refractivity contribution in [1.29, 1.82) is 0 Å². The van der Waals surface area contributed by atoms with Gasteiger partial charge < -0.3 is 19.9 Å². The minimum absolute atomic E-state index is 0.0569. The van der Waals surface area contributed by atoms with Crippen molar-refractivity contribution in [2.24, 2.45) is 5.92 Å². The van der Waals surface area contributed by atoms with Crippen molar-refractivity contribution < 1.29 is 19.1 Å². The molecule has 0 radical (unpaired) electrons. The SMILES string of the molecule is CC1Oc2ccccc2N(CCC(=O)N2CCC(NC(=O)C3CCCCC3)CC2)C1=O. The van der Waals surface area contributed by atoms with Gasteiger partial charge in [0.05, 0.1) is 5.69 Å². The summed E-state index contributed by atoms with van der Waals surface area (Å²) in [7, 11) is 0. The van der Waals surface area contributed by atoms with Crippen molar-refractivity contribution >= 4 is 23.4 Å². The number of para-hydroxylation sites is 2. The molecule has 2 aliphatic heterocycles. The number of nitrogens with zero attached hydrogens (tertiary/aromatic N) is 2. The summed E-state index contributed by atoms with van der Waals surface area (Å²) in [5.74, 6) is 0.988. The zero-order chi connectivity index (χ0) is 21.8. The number of carbonyl (C=O) groups is 3. The highest BCUT2D eigenvalue weighted by Gasteiger charge is 2.32. The molecule has 7 heteroatoms. The van der Waals surface area contributed by atoms with E-state index in [2.05, 4.69) is 5.32 Å². The van der Waals surface area contributed by atoms with Crippen LogP contribution in [0.3, 0.4) is 0 Å². The van der Waals surface area contributed by atoms with Crippen LogP contribution < -0.4 is 15.0 Å². The van der Waals surface area contributed by atoms with Gasteiger partial charge in [-0.2, -0.15) is 0 Å². The van der Waals surface area contributed by atoms with Crippen LogP contribution in [0.4, 0.5) is 5.69 Å². The first-order valence-corrected chi connectivity index (χ1v) is 11.7. The van der Waals surface area contributed by atoms with E-state index in [4.69, 9.17) is 4.74 Å². The fraction of sp³-hybridized carbons (Fsp3) is 0.625. The van der Waals surface area contributed by atoms with Gasteiger partial charge in [0.1, 0.15) is 5.75 Å². The predicted octanol–water partition coefficient (Wildman–Crippen LogP) is 2.88. The number of benzene rings is 1. The molecule has 1 aromatic rings. The number of likely N-dealkylation sites (tertiary alicyclic amines) is 1. The second kappa shape index (κ2) is 9.71. The van der Waals surface area contributed by atoms with E-state index in [0.29, 0.717) is 25.4 Å². The summed E-state index contributed by atoms with van der Waals surface area (Å²) in [4.78, 5) is 41.4. The molecule has 3 aliphatic rings. The number of piperidine rings is 1. The Kier molecular flexibility index (Phi) is 6.78. The molecule has 0 bridgehead atoms. The standard InChI is InChI=1S/C24H33N3O4/c1-17-24(30)27(20-9-5-6-10-21(20)31-17)16-13-22(28)26-14-11-19(12-15-26)25-23(29)18-7-3-2-4-8-18/h5-6,9-10,17-19H,2-4,7-8,11-16H2,1H3,(H,25,29). The lowest BCUT2D eigenvalue weighted by Gasteiger charge is -2.35. The quantitative estimate of drug-likeness (QED) is 0.784. The first-order chi connectivity index (χ1) is 15.0. The zero-order valence-electron chi connectivity index (χ0n) is 18.3. The normalized spacial score (nSPS) is 22.6. The summed E-state index contributed by atoms with van der Waals surface area (Å²) in [6.45, 7) is 3.39. The number of hydrogen-bond acceptors (Lipinski definition) is 4. The minimum Gasteiger partial charge on any atom is -0.479 e. The maximum Gasteiger partial charge on any atom is 0.267 e. The van der Waals surface area contributed by atoms with Gasteiger partial charge >= 0.3 is 0 Å². The van der Waals surface area contributed by atoms with Gasteiger partial charge in [0.15, 0.2) is 6.10 Å². The van der Waals surface area contributed by atoms with E-state index in [1.807, 2.05) is 29.2 Å². The van der Waals surface area contributed by atoms with Crippen molar-refractivity contribution in [2.75, 3.05) is 24.5 Å². The summed E-state index contributed by atoms with van der Waals surface area (Å²) >= 11 is 0. The monoisotopic (exact) mass is 427 g/mol. The van der Waals surface area contributed by atoms with Crippen LogP contribution >= 0.6 is 0 Å². The highest BCUT2D eigenvalue weighted by Crippen LogP contribution is 2.33. The fourth-order valence-corrected chi connectivity index (χ4v) is 4.91. The van der Waals surface area contributed by atoms with Gasteiger partial charge in [-0.05, 0) is 44.7 Å². The molecule has 1 aliphatic carbocycles. The minimum atomic E-state index is -0.548. The molecule has 2 heterocycles. The second-order valence-electron chi connectivity index (χ2n) is 8.97. The van der Waals surface area contributed by atoms with E-state index < -0.39 is 6.10 Å². The molecule has 0 aromatic heterocycles. The van der Waals surface area contributed by atoms with E-state index in [1.54, 1.807) is 11.8 Å². The molecule has 1 saturated carbocycles. The third-order valence-electron chi connectivity index (χ3n) is 6.79. The van der Waals surface area contributed by atoms with E-state index in [1.165, 1.54) is 6.42 Å². The number of amides is 3. The van der Waals surface area contributed by atoms with Crippen LogP contribution in [-0.4, -0.2) is 54.4 Å². The molecule has 0 spiro atoms. The molecule has 1 aromatic carbocycles. The number of hydrogen-bond donors (Lipinski definition) is 1. The Hall–Kier alpha value is -2.57. The largest absolute Gasteiger partial charge is 0.479 e. The highest BCUT2D eigenvalue weighted by molar-refractivity contribution is 6.00. The Labute approximate surface area is 184 Å². The highest BCUT2D eigenvalue weighted by atomic mass is 16.5. The Bertz CT molecular complexity index is 813. The van der Waals surface area contributed by atoms with Crippen molar-refractivity contribution in [2.45, 2.75) is 70.4 Å². The van der Waals surface area contributed by atoms with Gasteiger partial charge in [-0.3, -0.25) is 14.4 Å². The van der Waals surface area contributed by atoms with Gasteiger partial charge in [-0.15, -0.1) is 0 Å². The Morgan fingerprint density at radius 1 is 1.06 bits per heavy atom. The number of fused-ring (bicyclic) bond motifs is 1. The number of anilines is 1. The second-order valence-corrected chi connectivity index (χ2v) is 8.97. The van der Waals surface area contributed by atoms with E-state index in [-0.39, 0.29) is 36.1 Å². The molecule has 1 unspecified atom stereocenters. The average Bonchev–Trinajstić information content (AvgIpc) is 2.80. The Morgan fingerprint density at radius 2 is 1.77 bits per heavy atom. The number of carbonyl (C=O) groups excluding carboxylic acids is 3. The summed E-state index contributed by atoms with van der Waals surface area (Å²) < 4.78 is 5.66. The van der Waals surface area contributed by atoms with Crippen LogP contribution in [0.15, 0.2) is 24.3 Å². The first-order valence-electron chi connectivity index (χ1n) is 11.7. The van der Waals surface area contributed by atoms with E-state index in [9.17, 15) is 14.4 Å². The van der Waals surface area contributed by atoms with Crippen molar-refractivity contribution in [3.05, 3.63) is 24.3 Å². The van der Waals surface area contributed by atoms with Gasteiger partial charge in [0, 0.05) is 38.0 Å². The molecular weight excluding hydrogens is 394 g/mol. The molecule has 168 valence electrons. The molecule has 1 saturated heterocycles. The summed E-state index contributed by atoms with van der Waals surface area (Å²) in [6.07, 6.45) is 6.88. The smallest absolute Gasteiger partial charge is 0.267 e. The molecule has 7 nitrogen and oxygen atoms in total. The number of ether oxygens (including phenoxy) is 1. The summed E-state index contributed by atoms with van der Waals surface area (Å²) in [6, 6.07) is 7.60. The van der Waals surface area contributed by atoms with E-state index >= 15 is 0 Å². The Balaban J connectivity index is 1.25. The van der Waals surface area contributed by atoms with Gasteiger partial charge in [0.25, 0.3) is 5.91 Å². The topological polar surface area (TPSA) is 79.0 Å². The van der Waals surface area contributed by atoms with Crippen molar-refractivity contribution in [3.8, 4) is 5.75 Å². The van der Waals surface area contributed by atoms with Crippen LogP contribution in [0, 0.1) is 5.92 Å². The third kappa shape index (κ3) is 5.02. The lowest BCUT2D eigenvalue weighted by Crippen LogP contribution is -2.49. The lowest BCUT2D eigenvalue weighted by atomic mass is 9.88. The fourth-order valence-electron chi connectivity index (χ4n) is 4.91. The molecule has 2 fully saturated rings. The maximum atomic E-state index is 12.8. The van der Waals surface area contributed by atoms with Gasteiger partial charge in [-0.25, -0.2) is 0 Å². The maximum absolute atomic E-state index is 12.8. The molecule has 1 atom stereocenters. The molecule has 4 rings (SSSR count). The van der Waals surface area contributed by atoms with Crippen LogP contribution in [-0.2, 0) is 14.4 Å². The van der Waals surface area contributed by atoms with Crippen LogP contribution in [0.1, 0.15) is 58.3 Å². The van der Waals surface area contributed by atoms with Gasteiger partial charge in [0.2, 0.25) is 11.8 Å². The average molecular weight is 428 g/mol. The third-order valence-corrected chi connectivity index (χ3v) is 6.79. The number of rotatable bonds is 5. The van der Waals surface area contributed by atoms with E-state index in [0.717, 1.165) is 44.2 Å². The molecule has 3 amide bonds. The molecule has 31 heavy (non-hydrogen) atoms. The predicted molar refractivity (Wildman–Crippen MR) is 118 cm³/mol. The van der Waals surface area contributed by atoms with Crippen molar-refractivity contribution in [1.82, 2.24) is 10.2 Å². The van der Waals surface area contributed by atoms with Crippen molar-refractivity contribution in [3.63, 3.8) is 0 Å². The summed E-state index contributed by atoms with van der Waals surface area (Å²) in [5, 5.41) is 3.21. The van der Waals surface area contributed by atoms with Crippen LogP contribution in [0.25, 0.3) is 0 Å². The van der Waals surface area contributed by atoms with Crippen LogP contribution in [0.2, 0.25) is 0 Å². The van der Waals surface area contributed by atoms with Gasteiger partial charge in [-0.1, -0.05) is 31.4 Å². The molecular formula is C24H33N3O4. The lowest BCUT2D eigenvalue weighted by molar-refractivity contribution is -0.132.